The third-order valence-corrected chi connectivity index (χ3v) is 5.40. The summed E-state index contributed by atoms with van der Waals surface area (Å²) < 4.78 is 5.52. The lowest BCUT2D eigenvalue weighted by molar-refractivity contribution is -0.122. The molecular formula is C23H27N3O3. The molecule has 3 heterocycles. The fraction of sp³-hybridized carbons (Fsp3) is 0.435. The largest absolute Gasteiger partial charge is 0.444 e. The van der Waals surface area contributed by atoms with E-state index >= 15 is 0 Å². The molecule has 29 heavy (non-hydrogen) atoms. The zero-order chi connectivity index (χ0) is 20.6. The average Bonchev–Trinajstić information content (AvgIpc) is 3.34. The fourth-order valence-electron chi connectivity index (χ4n) is 4.17. The SMILES string of the molecule is CC(C)(C)OC(=O)N1CCC[C@H]1C(=O)N1CCc2c(-c3ccccn3)cccc21. The average molecular weight is 393 g/mol. The van der Waals surface area contributed by atoms with Gasteiger partial charge in [0.05, 0.1) is 5.69 Å². The molecule has 1 fully saturated rings. The third-order valence-electron chi connectivity index (χ3n) is 5.40. The van der Waals surface area contributed by atoms with E-state index < -0.39 is 17.7 Å². The summed E-state index contributed by atoms with van der Waals surface area (Å²) in [7, 11) is 0. The number of anilines is 1. The Morgan fingerprint density at radius 1 is 1.10 bits per heavy atom. The second-order valence-electron chi connectivity index (χ2n) is 8.59. The number of fused-ring (bicyclic) bond motifs is 1. The maximum atomic E-state index is 13.4. The number of nitrogens with zero attached hydrogens (tertiary/aromatic N) is 3. The first kappa shape index (κ1) is 19.4. The number of hydrogen-bond donors (Lipinski definition) is 0. The van der Waals surface area contributed by atoms with Crippen LogP contribution in [0.3, 0.4) is 0 Å². The Kier molecular flexibility index (Phi) is 5.03. The molecule has 0 bridgehead atoms. The number of benzene rings is 1. The third kappa shape index (κ3) is 3.84. The highest BCUT2D eigenvalue weighted by Gasteiger charge is 2.40. The Balaban J connectivity index is 1.58. The molecule has 2 aromatic rings. The van der Waals surface area contributed by atoms with Crippen LogP contribution in [0.25, 0.3) is 11.3 Å². The van der Waals surface area contributed by atoms with Gasteiger partial charge in [0.25, 0.3) is 0 Å². The van der Waals surface area contributed by atoms with Crippen molar-refractivity contribution in [3.63, 3.8) is 0 Å². The van der Waals surface area contributed by atoms with Crippen LogP contribution in [-0.2, 0) is 16.0 Å². The molecule has 0 spiro atoms. The summed E-state index contributed by atoms with van der Waals surface area (Å²) in [4.78, 5) is 33.9. The quantitative estimate of drug-likeness (QED) is 0.773. The van der Waals surface area contributed by atoms with E-state index in [1.807, 2.05) is 56.0 Å². The fourth-order valence-corrected chi connectivity index (χ4v) is 4.17. The topological polar surface area (TPSA) is 62.7 Å². The number of carbonyl (C=O) groups excluding carboxylic acids is 2. The Morgan fingerprint density at radius 2 is 1.93 bits per heavy atom. The highest BCUT2D eigenvalue weighted by atomic mass is 16.6. The van der Waals surface area contributed by atoms with E-state index in [1.54, 1.807) is 11.1 Å². The molecule has 0 radical (unpaired) electrons. The Labute approximate surface area is 171 Å². The van der Waals surface area contributed by atoms with Crippen molar-refractivity contribution in [1.29, 1.82) is 0 Å². The van der Waals surface area contributed by atoms with Crippen LogP contribution >= 0.6 is 0 Å². The first-order valence-corrected chi connectivity index (χ1v) is 10.2. The molecule has 1 saturated heterocycles. The molecule has 2 aliphatic heterocycles. The van der Waals surface area contributed by atoms with Gasteiger partial charge in [-0.05, 0) is 63.8 Å². The Morgan fingerprint density at radius 3 is 2.66 bits per heavy atom. The number of aromatic nitrogens is 1. The molecule has 2 amide bonds. The van der Waals surface area contributed by atoms with Crippen LogP contribution in [0.5, 0.6) is 0 Å². The van der Waals surface area contributed by atoms with E-state index in [1.165, 1.54) is 0 Å². The zero-order valence-electron chi connectivity index (χ0n) is 17.2. The van der Waals surface area contributed by atoms with E-state index in [2.05, 4.69) is 11.1 Å². The molecule has 1 aromatic carbocycles. The van der Waals surface area contributed by atoms with Crippen molar-refractivity contribution in [3.8, 4) is 11.3 Å². The van der Waals surface area contributed by atoms with Crippen LogP contribution < -0.4 is 4.90 Å². The molecule has 152 valence electrons. The number of ether oxygens (including phenoxy) is 1. The van der Waals surface area contributed by atoms with Gasteiger partial charge in [-0.25, -0.2) is 4.79 Å². The van der Waals surface area contributed by atoms with Crippen LogP contribution in [0, 0.1) is 0 Å². The van der Waals surface area contributed by atoms with Crippen molar-refractivity contribution in [2.24, 2.45) is 0 Å². The predicted octanol–water partition coefficient (Wildman–Crippen LogP) is 4.04. The summed E-state index contributed by atoms with van der Waals surface area (Å²) in [5.74, 6) is -0.0229. The van der Waals surface area contributed by atoms with Crippen molar-refractivity contribution < 1.29 is 14.3 Å². The lowest BCUT2D eigenvalue weighted by atomic mass is 10.0. The Bertz CT molecular complexity index is 921. The first-order chi connectivity index (χ1) is 13.8. The lowest BCUT2D eigenvalue weighted by Gasteiger charge is -2.30. The van der Waals surface area contributed by atoms with Crippen molar-refractivity contribution in [1.82, 2.24) is 9.88 Å². The number of pyridine rings is 1. The molecule has 0 unspecified atom stereocenters. The van der Waals surface area contributed by atoms with Gasteiger partial charge >= 0.3 is 6.09 Å². The monoisotopic (exact) mass is 393 g/mol. The number of hydrogen-bond acceptors (Lipinski definition) is 4. The summed E-state index contributed by atoms with van der Waals surface area (Å²) in [5.41, 5.74) is 3.46. The number of carbonyl (C=O) groups is 2. The molecular weight excluding hydrogens is 366 g/mol. The summed E-state index contributed by atoms with van der Waals surface area (Å²) in [6.07, 6.45) is 3.64. The van der Waals surface area contributed by atoms with Crippen LogP contribution in [0.4, 0.5) is 10.5 Å². The lowest BCUT2D eigenvalue weighted by Crippen LogP contribution is -2.48. The molecule has 0 N–H and O–H groups in total. The first-order valence-electron chi connectivity index (χ1n) is 10.2. The normalized spacial score (nSPS) is 18.7. The molecule has 2 aliphatic rings. The molecule has 4 rings (SSSR count). The van der Waals surface area contributed by atoms with Crippen LogP contribution in [-0.4, -0.2) is 46.6 Å². The van der Waals surface area contributed by atoms with E-state index in [0.29, 0.717) is 19.5 Å². The van der Waals surface area contributed by atoms with Crippen molar-refractivity contribution >= 4 is 17.7 Å². The standard InChI is InChI=1S/C23H27N3O3/c1-23(2,3)29-22(28)26-14-7-11-20(26)21(27)25-15-12-17-16(8-6-10-19(17)25)18-9-4-5-13-24-18/h4-6,8-10,13,20H,7,11-12,14-15H2,1-3H3/t20-/m0/s1. The number of likely N-dealkylation sites (tertiary alicyclic amines) is 1. The van der Waals surface area contributed by atoms with E-state index in [9.17, 15) is 9.59 Å². The maximum absolute atomic E-state index is 13.4. The Hall–Kier alpha value is -2.89. The van der Waals surface area contributed by atoms with Gasteiger partial charge in [-0.2, -0.15) is 0 Å². The minimum Gasteiger partial charge on any atom is -0.444 e. The molecule has 1 aromatic heterocycles. The summed E-state index contributed by atoms with van der Waals surface area (Å²) >= 11 is 0. The summed E-state index contributed by atoms with van der Waals surface area (Å²) in [6, 6.07) is 11.4. The van der Waals surface area contributed by atoms with E-state index in [-0.39, 0.29) is 5.91 Å². The minimum atomic E-state index is -0.578. The molecule has 1 atom stereocenters. The number of rotatable bonds is 2. The van der Waals surface area contributed by atoms with Gasteiger partial charge < -0.3 is 9.64 Å². The highest BCUT2D eigenvalue weighted by Crippen LogP contribution is 2.37. The molecule has 0 aliphatic carbocycles. The summed E-state index contributed by atoms with van der Waals surface area (Å²) in [6.45, 7) is 6.70. The van der Waals surface area contributed by atoms with Crippen molar-refractivity contribution in [2.75, 3.05) is 18.0 Å². The molecule has 0 saturated carbocycles. The predicted molar refractivity (Wildman–Crippen MR) is 112 cm³/mol. The van der Waals surface area contributed by atoms with E-state index in [0.717, 1.165) is 35.3 Å². The second kappa shape index (κ2) is 7.50. The van der Waals surface area contributed by atoms with Crippen molar-refractivity contribution in [2.45, 2.75) is 51.7 Å². The van der Waals surface area contributed by atoms with Crippen LogP contribution in [0.2, 0.25) is 0 Å². The maximum Gasteiger partial charge on any atom is 0.410 e. The second-order valence-corrected chi connectivity index (χ2v) is 8.59. The van der Waals surface area contributed by atoms with Gasteiger partial charge in [0, 0.05) is 30.5 Å². The van der Waals surface area contributed by atoms with E-state index in [4.69, 9.17) is 4.74 Å². The molecule has 6 heteroatoms. The van der Waals surface area contributed by atoms with Crippen LogP contribution in [0.15, 0.2) is 42.6 Å². The van der Waals surface area contributed by atoms with Gasteiger partial charge in [-0.3, -0.25) is 14.7 Å². The minimum absolute atomic E-state index is 0.0229. The van der Waals surface area contributed by atoms with Gasteiger partial charge in [0.1, 0.15) is 11.6 Å². The zero-order valence-corrected chi connectivity index (χ0v) is 17.2. The smallest absolute Gasteiger partial charge is 0.410 e. The molecule has 6 nitrogen and oxygen atoms in total. The van der Waals surface area contributed by atoms with Gasteiger partial charge in [-0.1, -0.05) is 18.2 Å². The van der Waals surface area contributed by atoms with Gasteiger partial charge in [0.2, 0.25) is 5.91 Å². The van der Waals surface area contributed by atoms with Crippen molar-refractivity contribution in [3.05, 3.63) is 48.2 Å². The van der Waals surface area contributed by atoms with Crippen LogP contribution in [0.1, 0.15) is 39.2 Å². The summed E-state index contributed by atoms with van der Waals surface area (Å²) in [5, 5.41) is 0. The van der Waals surface area contributed by atoms with Gasteiger partial charge in [-0.15, -0.1) is 0 Å². The highest BCUT2D eigenvalue weighted by molar-refractivity contribution is 6.01. The van der Waals surface area contributed by atoms with Gasteiger partial charge in [0.15, 0.2) is 0 Å². The number of amides is 2.